The molecule has 2 aromatic rings. The molecule has 0 amide bonds. The highest BCUT2D eigenvalue weighted by Crippen LogP contribution is 2.20. The van der Waals surface area contributed by atoms with E-state index in [9.17, 15) is 0 Å². The minimum atomic E-state index is 0.399. The molecule has 2 rings (SSSR count). The monoisotopic (exact) mass is 273 g/mol. The highest BCUT2D eigenvalue weighted by molar-refractivity contribution is 7.09. The van der Waals surface area contributed by atoms with Crippen LogP contribution >= 0.6 is 11.3 Å². The molecule has 1 nitrogen and oxygen atoms in total. The van der Waals surface area contributed by atoms with E-state index in [4.69, 9.17) is 0 Å². The van der Waals surface area contributed by atoms with Crippen molar-refractivity contribution in [2.45, 2.75) is 46.2 Å². The van der Waals surface area contributed by atoms with Gasteiger partial charge in [0, 0.05) is 17.0 Å². The molecule has 1 N–H and O–H groups in total. The van der Waals surface area contributed by atoms with Crippen molar-refractivity contribution in [1.29, 1.82) is 0 Å². The van der Waals surface area contributed by atoms with Gasteiger partial charge in [0.25, 0.3) is 0 Å². The van der Waals surface area contributed by atoms with Crippen molar-refractivity contribution in [3.8, 4) is 0 Å². The maximum Gasteiger partial charge on any atom is 0.0296 e. The molecule has 2 unspecified atom stereocenters. The number of benzene rings is 1. The molecule has 0 aliphatic rings. The molecule has 102 valence electrons. The van der Waals surface area contributed by atoms with Crippen LogP contribution < -0.4 is 5.32 Å². The van der Waals surface area contributed by atoms with Gasteiger partial charge in [0.2, 0.25) is 0 Å². The minimum Gasteiger partial charge on any atom is -0.307 e. The Kier molecular flexibility index (Phi) is 4.78. The minimum absolute atomic E-state index is 0.399. The molecule has 0 bridgehead atoms. The van der Waals surface area contributed by atoms with Gasteiger partial charge in [0.15, 0.2) is 0 Å². The second-order valence-electron chi connectivity index (χ2n) is 5.43. The lowest BCUT2D eigenvalue weighted by Crippen LogP contribution is -2.30. The third kappa shape index (κ3) is 3.92. The number of hydrogen-bond donors (Lipinski definition) is 1. The van der Waals surface area contributed by atoms with Gasteiger partial charge in [0.05, 0.1) is 0 Å². The second kappa shape index (κ2) is 6.36. The number of aryl methyl sites for hydroxylation is 2. The normalized spacial score (nSPS) is 14.3. The molecule has 2 atom stereocenters. The summed E-state index contributed by atoms with van der Waals surface area (Å²) in [6.45, 7) is 8.86. The van der Waals surface area contributed by atoms with E-state index in [1.807, 2.05) is 11.3 Å². The zero-order chi connectivity index (χ0) is 13.8. The summed E-state index contributed by atoms with van der Waals surface area (Å²) in [5, 5.41) is 5.85. The summed E-state index contributed by atoms with van der Waals surface area (Å²) >= 11 is 1.84. The number of rotatable bonds is 5. The summed E-state index contributed by atoms with van der Waals surface area (Å²) in [6, 6.07) is 11.9. The van der Waals surface area contributed by atoms with Crippen LogP contribution in [-0.4, -0.2) is 6.04 Å². The third-order valence-electron chi connectivity index (χ3n) is 3.51. The van der Waals surface area contributed by atoms with Crippen molar-refractivity contribution in [2.24, 2.45) is 0 Å². The molecule has 1 aromatic carbocycles. The molecular weight excluding hydrogens is 250 g/mol. The summed E-state index contributed by atoms with van der Waals surface area (Å²) in [5.74, 6) is 0. The van der Waals surface area contributed by atoms with Crippen molar-refractivity contribution in [3.63, 3.8) is 0 Å². The van der Waals surface area contributed by atoms with E-state index >= 15 is 0 Å². The van der Waals surface area contributed by atoms with Crippen molar-refractivity contribution in [2.75, 3.05) is 0 Å². The molecule has 0 radical (unpaired) electrons. The van der Waals surface area contributed by atoms with E-state index < -0.39 is 0 Å². The van der Waals surface area contributed by atoms with Crippen molar-refractivity contribution >= 4 is 11.3 Å². The lowest BCUT2D eigenvalue weighted by Gasteiger charge is -2.21. The van der Waals surface area contributed by atoms with Gasteiger partial charge < -0.3 is 5.32 Å². The van der Waals surface area contributed by atoms with Crippen LogP contribution in [0.5, 0.6) is 0 Å². The van der Waals surface area contributed by atoms with Crippen molar-refractivity contribution in [3.05, 3.63) is 57.3 Å². The third-order valence-corrected chi connectivity index (χ3v) is 4.41. The maximum atomic E-state index is 3.70. The smallest absolute Gasteiger partial charge is 0.0296 e. The van der Waals surface area contributed by atoms with Gasteiger partial charge in [-0.05, 0) is 56.7 Å². The molecule has 0 saturated carbocycles. The lowest BCUT2D eigenvalue weighted by molar-refractivity contribution is 0.478. The van der Waals surface area contributed by atoms with E-state index in [-0.39, 0.29) is 0 Å². The molecule has 2 heteroatoms. The largest absolute Gasteiger partial charge is 0.307 e. The average molecular weight is 273 g/mol. The Hall–Kier alpha value is -1.12. The number of thiophene rings is 1. The van der Waals surface area contributed by atoms with Gasteiger partial charge in [-0.2, -0.15) is 0 Å². The molecule has 1 heterocycles. The topological polar surface area (TPSA) is 12.0 Å². The molecule has 0 spiro atoms. The molecule has 1 aromatic heterocycles. The van der Waals surface area contributed by atoms with Gasteiger partial charge in [0.1, 0.15) is 0 Å². The van der Waals surface area contributed by atoms with Crippen LogP contribution in [0.25, 0.3) is 0 Å². The summed E-state index contributed by atoms with van der Waals surface area (Å²) in [5.41, 5.74) is 4.12. The van der Waals surface area contributed by atoms with Crippen LogP contribution in [0.4, 0.5) is 0 Å². The van der Waals surface area contributed by atoms with Gasteiger partial charge >= 0.3 is 0 Å². The Labute approximate surface area is 120 Å². The fourth-order valence-corrected chi connectivity index (χ4v) is 3.45. The summed E-state index contributed by atoms with van der Waals surface area (Å²) in [7, 11) is 0. The van der Waals surface area contributed by atoms with Crippen LogP contribution in [0.3, 0.4) is 0 Å². The molecule has 0 fully saturated rings. The first-order valence-corrected chi connectivity index (χ1v) is 7.80. The van der Waals surface area contributed by atoms with E-state index in [0.717, 1.165) is 6.42 Å². The Morgan fingerprint density at radius 3 is 2.58 bits per heavy atom. The van der Waals surface area contributed by atoms with Gasteiger partial charge in [-0.25, -0.2) is 0 Å². The van der Waals surface area contributed by atoms with Crippen LogP contribution in [-0.2, 0) is 6.42 Å². The first kappa shape index (κ1) is 14.3. The highest BCUT2D eigenvalue weighted by Gasteiger charge is 2.12. The van der Waals surface area contributed by atoms with Crippen LogP contribution in [0.1, 0.15) is 41.5 Å². The first-order chi connectivity index (χ1) is 9.06. The van der Waals surface area contributed by atoms with Gasteiger partial charge in [-0.3, -0.25) is 0 Å². The highest BCUT2D eigenvalue weighted by atomic mass is 32.1. The molecule has 19 heavy (non-hydrogen) atoms. The summed E-state index contributed by atoms with van der Waals surface area (Å²) in [4.78, 5) is 1.45. The predicted octanol–water partition coefficient (Wildman–Crippen LogP) is 4.65. The molecular formula is C17H23NS. The molecule has 0 aliphatic carbocycles. The van der Waals surface area contributed by atoms with Crippen molar-refractivity contribution in [1.82, 2.24) is 5.32 Å². The zero-order valence-electron chi connectivity index (χ0n) is 12.2. The van der Waals surface area contributed by atoms with Gasteiger partial charge in [-0.15, -0.1) is 11.3 Å². The van der Waals surface area contributed by atoms with Crippen LogP contribution in [0.2, 0.25) is 0 Å². The quantitative estimate of drug-likeness (QED) is 0.836. The standard InChI is InChI=1S/C17H23NS/c1-12-7-8-17(13(2)10-12)15(4)18-14(3)11-16-6-5-9-19-16/h5-10,14-15,18H,11H2,1-4H3. The van der Waals surface area contributed by atoms with Crippen molar-refractivity contribution < 1.29 is 0 Å². The number of hydrogen-bond acceptors (Lipinski definition) is 2. The summed E-state index contributed by atoms with van der Waals surface area (Å²) < 4.78 is 0. The zero-order valence-corrected chi connectivity index (χ0v) is 13.1. The summed E-state index contributed by atoms with van der Waals surface area (Å²) in [6.07, 6.45) is 1.10. The van der Waals surface area contributed by atoms with E-state index in [1.54, 1.807) is 0 Å². The van der Waals surface area contributed by atoms with E-state index in [2.05, 4.69) is 68.7 Å². The van der Waals surface area contributed by atoms with Gasteiger partial charge in [-0.1, -0.05) is 29.8 Å². The fraction of sp³-hybridized carbons (Fsp3) is 0.412. The molecule has 0 aliphatic heterocycles. The first-order valence-electron chi connectivity index (χ1n) is 6.92. The Morgan fingerprint density at radius 2 is 1.95 bits per heavy atom. The average Bonchev–Trinajstić information content (AvgIpc) is 2.81. The number of nitrogens with one attached hydrogen (secondary N) is 1. The Morgan fingerprint density at radius 1 is 1.16 bits per heavy atom. The SMILES string of the molecule is Cc1ccc(C(C)NC(C)Cc2cccs2)c(C)c1. The maximum absolute atomic E-state index is 3.70. The second-order valence-corrected chi connectivity index (χ2v) is 6.47. The van der Waals surface area contributed by atoms with E-state index in [1.165, 1.54) is 21.6 Å². The van der Waals surface area contributed by atoms with E-state index in [0.29, 0.717) is 12.1 Å². The lowest BCUT2D eigenvalue weighted by atomic mass is 9.99. The van der Waals surface area contributed by atoms with Crippen LogP contribution in [0, 0.1) is 13.8 Å². The predicted molar refractivity (Wildman–Crippen MR) is 85.0 cm³/mol. The Balaban J connectivity index is 1.98. The van der Waals surface area contributed by atoms with Crippen LogP contribution in [0.15, 0.2) is 35.7 Å². The molecule has 0 saturated heterocycles. The Bertz CT molecular complexity index is 516. The fourth-order valence-electron chi connectivity index (χ4n) is 2.62.